The Labute approximate surface area is 183 Å². The van der Waals surface area contributed by atoms with Gasteiger partial charge in [0, 0.05) is 26.2 Å². The van der Waals surface area contributed by atoms with Gasteiger partial charge in [-0.1, -0.05) is 24.3 Å². The molecule has 0 spiro atoms. The van der Waals surface area contributed by atoms with Crippen LogP contribution in [0.3, 0.4) is 0 Å². The van der Waals surface area contributed by atoms with E-state index in [4.69, 9.17) is 0 Å². The minimum Gasteiger partial charge on any atom is -0.387 e. The Kier molecular flexibility index (Phi) is 6.09. The lowest BCUT2D eigenvalue weighted by Crippen LogP contribution is -2.44. The minimum atomic E-state index is -3.31. The van der Waals surface area contributed by atoms with Gasteiger partial charge in [0.25, 0.3) is 0 Å². The highest BCUT2D eigenvalue weighted by Gasteiger charge is 2.34. The first-order valence-corrected chi connectivity index (χ1v) is 12.5. The Morgan fingerprint density at radius 3 is 2.42 bits per heavy atom. The third kappa shape index (κ3) is 4.77. The highest BCUT2D eigenvalue weighted by molar-refractivity contribution is 7.92. The zero-order valence-corrected chi connectivity index (χ0v) is 18.5. The largest absolute Gasteiger partial charge is 0.387 e. The number of hydrogen-bond donors (Lipinski definition) is 2. The Hall–Kier alpha value is -2.00. The van der Waals surface area contributed by atoms with Gasteiger partial charge in [-0.25, -0.2) is 12.8 Å². The summed E-state index contributed by atoms with van der Waals surface area (Å²) in [6, 6.07) is 11.5. The number of aliphatic hydroxyl groups excluding tert-OH is 1. The molecule has 8 heteroatoms. The number of sulfonamides is 1. The van der Waals surface area contributed by atoms with E-state index >= 15 is 0 Å². The molecule has 2 N–H and O–H groups in total. The summed E-state index contributed by atoms with van der Waals surface area (Å²) in [6.45, 7) is 2.17. The normalized spacial score (nSPS) is 20.3. The summed E-state index contributed by atoms with van der Waals surface area (Å²) in [5.74, 6) is -0.322. The second-order valence-electron chi connectivity index (χ2n) is 8.68. The van der Waals surface area contributed by atoms with E-state index in [1.165, 1.54) is 22.7 Å². The number of anilines is 1. The highest BCUT2D eigenvalue weighted by Crippen LogP contribution is 2.35. The van der Waals surface area contributed by atoms with E-state index in [0.717, 1.165) is 29.5 Å². The van der Waals surface area contributed by atoms with Gasteiger partial charge in [0.2, 0.25) is 10.0 Å². The van der Waals surface area contributed by atoms with E-state index < -0.39 is 21.7 Å². The molecule has 2 heterocycles. The molecule has 0 aromatic heterocycles. The van der Waals surface area contributed by atoms with Gasteiger partial charge in [0.1, 0.15) is 5.82 Å². The number of aryl methyl sites for hydroxylation is 1. The predicted molar refractivity (Wildman–Crippen MR) is 118 cm³/mol. The molecular weight excluding hydrogens is 419 g/mol. The molecule has 31 heavy (non-hydrogen) atoms. The molecular formula is C23H29FN2O4S. The molecule has 1 saturated heterocycles. The van der Waals surface area contributed by atoms with E-state index in [2.05, 4.69) is 4.90 Å². The van der Waals surface area contributed by atoms with Gasteiger partial charge < -0.3 is 15.1 Å². The summed E-state index contributed by atoms with van der Waals surface area (Å²) in [4.78, 5) is 2.12. The Morgan fingerprint density at radius 2 is 1.77 bits per heavy atom. The first-order chi connectivity index (χ1) is 14.7. The van der Waals surface area contributed by atoms with E-state index in [1.807, 2.05) is 6.07 Å². The van der Waals surface area contributed by atoms with Crippen molar-refractivity contribution in [1.29, 1.82) is 0 Å². The number of β-amino-alcohol motifs (C(OH)–C–C–N with tert-alkyl or cyclic N) is 1. The van der Waals surface area contributed by atoms with Gasteiger partial charge in [0.15, 0.2) is 0 Å². The van der Waals surface area contributed by atoms with Gasteiger partial charge in [-0.2, -0.15) is 0 Å². The number of fused-ring (bicyclic) bond motifs is 1. The van der Waals surface area contributed by atoms with Crippen molar-refractivity contribution in [1.82, 2.24) is 4.90 Å². The Morgan fingerprint density at radius 1 is 1.10 bits per heavy atom. The van der Waals surface area contributed by atoms with Crippen LogP contribution in [0.1, 0.15) is 42.1 Å². The van der Waals surface area contributed by atoms with Crippen LogP contribution < -0.4 is 4.31 Å². The first kappa shape index (κ1) is 22.2. The van der Waals surface area contributed by atoms with Crippen LogP contribution in [-0.2, 0) is 22.0 Å². The summed E-state index contributed by atoms with van der Waals surface area (Å²) < 4.78 is 38.7. The predicted octanol–water partition coefficient (Wildman–Crippen LogP) is 2.55. The summed E-state index contributed by atoms with van der Waals surface area (Å²) in [5.41, 5.74) is 2.16. The number of hydrogen-bond acceptors (Lipinski definition) is 5. The maximum Gasteiger partial charge on any atom is 0.232 e. The standard InChI is InChI=1S/C23H29FN2O4S/c1-31(29,30)26-12-2-3-17-15-18(4-9-21(17)26)22(27)16-25-13-10-23(28,11-14-25)19-5-7-20(24)8-6-19/h4-9,15,22,27-28H,2-3,10-14,16H2,1H3/t22-/m0/s1. The number of benzene rings is 2. The molecule has 4 rings (SSSR count). The average Bonchev–Trinajstić information content (AvgIpc) is 2.74. The van der Waals surface area contributed by atoms with Crippen molar-refractivity contribution in [3.63, 3.8) is 0 Å². The number of halogens is 1. The lowest BCUT2D eigenvalue weighted by molar-refractivity contribution is -0.0345. The molecule has 2 aliphatic heterocycles. The molecule has 2 aliphatic rings. The smallest absolute Gasteiger partial charge is 0.232 e. The van der Waals surface area contributed by atoms with Gasteiger partial charge in [0.05, 0.1) is 23.6 Å². The fraction of sp³-hybridized carbons (Fsp3) is 0.478. The van der Waals surface area contributed by atoms with Crippen molar-refractivity contribution in [3.05, 3.63) is 65.0 Å². The molecule has 0 radical (unpaired) electrons. The van der Waals surface area contributed by atoms with Crippen molar-refractivity contribution in [2.45, 2.75) is 37.4 Å². The van der Waals surface area contributed by atoms with Crippen LogP contribution in [0.4, 0.5) is 10.1 Å². The number of nitrogens with zero attached hydrogens (tertiary/aromatic N) is 2. The van der Waals surface area contributed by atoms with Gasteiger partial charge in [-0.15, -0.1) is 0 Å². The van der Waals surface area contributed by atoms with Gasteiger partial charge in [-0.3, -0.25) is 4.31 Å². The maximum absolute atomic E-state index is 13.2. The molecule has 2 aromatic rings. The van der Waals surface area contributed by atoms with Crippen LogP contribution in [0.25, 0.3) is 0 Å². The first-order valence-electron chi connectivity index (χ1n) is 10.7. The van der Waals surface area contributed by atoms with Crippen molar-refractivity contribution in [3.8, 4) is 0 Å². The molecule has 0 saturated carbocycles. The summed E-state index contributed by atoms with van der Waals surface area (Å²) in [5, 5.41) is 21.8. The van der Waals surface area contributed by atoms with Crippen molar-refractivity contribution >= 4 is 15.7 Å². The van der Waals surface area contributed by atoms with Gasteiger partial charge in [-0.05, 0) is 60.6 Å². The second-order valence-corrected chi connectivity index (χ2v) is 10.6. The molecule has 2 aromatic carbocycles. The highest BCUT2D eigenvalue weighted by atomic mass is 32.2. The molecule has 0 bridgehead atoms. The van der Waals surface area contributed by atoms with Crippen LogP contribution >= 0.6 is 0 Å². The molecule has 168 valence electrons. The number of piperidine rings is 1. The number of likely N-dealkylation sites (tertiary alicyclic amines) is 1. The minimum absolute atomic E-state index is 0.322. The summed E-state index contributed by atoms with van der Waals surface area (Å²) >= 11 is 0. The fourth-order valence-electron chi connectivity index (χ4n) is 4.64. The zero-order chi connectivity index (χ0) is 22.2. The van der Waals surface area contributed by atoms with Crippen molar-refractivity contribution in [2.24, 2.45) is 0 Å². The molecule has 1 fully saturated rings. The maximum atomic E-state index is 13.2. The quantitative estimate of drug-likeness (QED) is 0.735. The summed E-state index contributed by atoms with van der Waals surface area (Å²) in [7, 11) is -3.31. The second kappa shape index (κ2) is 8.50. The number of rotatable bonds is 5. The van der Waals surface area contributed by atoms with Crippen LogP contribution in [0.15, 0.2) is 42.5 Å². The Balaban J connectivity index is 1.40. The zero-order valence-electron chi connectivity index (χ0n) is 17.7. The molecule has 6 nitrogen and oxygen atoms in total. The van der Waals surface area contributed by atoms with E-state index in [0.29, 0.717) is 44.7 Å². The van der Waals surface area contributed by atoms with E-state index in [9.17, 15) is 23.0 Å². The van der Waals surface area contributed by atoms with Crippen LogP contribution in [0.2, 0.25) is 0 Å². The molecule has 0 amide bonds. The average molecular weight is 449 g/mol. The SMILES string of the molecule is CS(=O)(=O)N1CCCc2cc([C@@H](O)CN3CCC(O)(c4ccc(F)cc4)CC3)ccc21. The monoisotopic (exact) mass is 448 g/mol. The topological polar surface area (TPSA) is 81.1 Å². The molecule has 0 aliphatic carbocycles. The lowest BCUT2D eigenvalue weighted by Gasteiger charge is -2.39. The lowest BCUT2D eigenvalue weighted by atomic mass is 9.84. The van der Waals surface area contributed by atoms with Gasteiger partial charge >= 0.3 is 0 Å². The van der Waals surface area contributed by atoms with E-state index in [-0.39, 0.29) is 5.82 Å². The third-order valence-corrected chi connectivity index (χ3v) is 7.64. The van der Waals surface area contributed by atoms with E-state index in [1.54, 1.807) is 24.3 Å². The van der Waals surface area contributed by atoms with Crippen LogP contribution in [-0.4, -0.2) is 56.0 Å². The third-order valence-electron chi connectivity index (χ3n) is 6.46. The summed E-state index contributed by atoms with van der Waals surface area (Å²) in [6.07, 6.45) is 3.09. The molecule has 1 atom stereocenters. The van der Waals surface area contributed by atoms with Crippen LogP contribution in [0.5, 0.6) is 0 Å². The number of aliphatic hydroxyl groups is 2. The fourth-order valence-corrected chi connectivity index (χ4v) is 5.63. The van der Waals surface area contributed by atoms with Crippen molar-refractivity contribution < 1.29 is 23.0 Å². The Bertz CT molecular complexity index is 1030. The van der Waals surface area contributed by atoms with Crippen molar-refractivity contribution in [2.75, 3.05) is 36.7 Å². The molecule has 0 unspecified atom stereocenters. The van der Waals surface area contributed by atoms with Crippen LogP contribution in [0, 0.1) is 5.82 Å².